The van der Waals surface area contributed by atoms with Crippen LogP contribution >= 0.6 is 11.6 Å². The van der Waals surface area contributed by atoms with E-state index < -0.39 is 0 Å². The van der Waals surface area contributed by atoms with Crippen LogP contribution in [-0.2, 0) is 0 Å². The summed E-state index contributed by atoms with van der Waals surface area (Å²) in [4.78, 5) is 0. The van der Waals surface area contributed by atoms with Gasteiger partial charge < -0.3 is 5.32 Å². The zero-order valence-corrected chi connectivity index (χ0v) is 8.46. The van der Waals surface area contributed by atoms with E-state index in [1.165, 1.54) is 12.8 Å². The topological polar surface area (TPSA) is 29.9 Å². The fourth-order valence-electron chi connectivity index (χ4n) is 1.90. The molecule has 1 aromatic rings. The van der Waals surface area contributed by atoms with Crippen LogP contribution in [0.15, 0.2) is 12.4 Å². The Morgan fingerprint density at radius 1 is 1.69 bits per heavy atom. The largest absolute Gasteiger partial charge is 0.319 e. The monoisotopic (exact) mass is 199 g/mol. The number of rotatable bonds is 3. The first-order chi connectivity index (χ1) is 6.31. The van der Waals surface area contributed by atoms with Gasteiger partial charge in [-0.3, -0.25) is 4.68 Å². The van der Waals surface area contributed by atoms with Gasteiger partial charge in [-0.25, -0.2) is 0 Å². The van der Waals surface area contributed by atoms with Crippen LogP contribution in [0, 0.1) is 5.92 Å². The summed E-state index contributed by atoms with van der Waals surface area (Å²) in [5.74, 6) is 0.723. The molecule has 1 aliphatic carbocycles. The van der Waals surface area contributed by atoms with Crippen LogP contribution in [0.4, 0.5) is 0 Å². The smallest absolute Gasteiger partial charge is 0.0785 e. The molecule has 72 valence electrons. The molecule has 13 heavy (non-hydrogen) atoms. The number of aromatic nitrogens is 2. The molecule has 0 radical (unpaired) electrons. The van der Waals surface area contributed by atoms with Gasteiger partial charge in [-0.1, -0.05) is 11.6 Å². The molecule has 0 bridgehead atoms. The van der Waals surface area contributed by atoms with Gasteiger partial charge >= 0.3 is 0 Å². The van der Waals surface area contributed by atoms with Crippen molar-refractivity contribution in [2.75, 3.05) is 13.6 Å². The molecule has 1 fully saturated rings. The van der Waals surface area contributed by atoms with Crippen LogP contribution in [0.25, 0.3) is 0 Å². The van der Waals surface area contributed by atoms with E-state index in [-0.39, 0.29) is 0 Å². The van der Waals surface area contributed by atoms with Crippen molar-refractivity contribution in [3.63, 3.8) is 0 Å². The molecule has 1 heterocycles. The van der Waals surface area contributed by atoms with E-state index in [0.717, 1.165) is 17.5 Å². The molecular formula is C9H14ClN3. The molecule has 2 atom stereocenters. The number of hydrogen-bond acceptors (Lipinski definition) is 2. The average Bonchev–Trinajstić information content (AvgIpc) is 2.45. The third-order valence-corrected chi connectivity index (χ3v) is 2.95. The van der Waals surface area contributed by atoms with Crippen molar-refractivity contribution >= 4 is 11.6 Å². The summed E-state index contributed by atoms with van der Waals surface area (Å²) in [6, 6.07) is 0.556. The Morgan fingerprint density at radius 3 is 3.00 bits per heavy atom. The predicted octanol–water partition coefficient (Wildman–Crippen LogP) is 1.71. The third-order valence-electron chi connectivity index (χ3n) is 2.75. The second-order valence-corrected chi connectivity index (χ2v) is 4.04. The van der Waals surface area contributed by atoms with Crippen LogP contribution in [0.2, 0.25) is 5.02 Å². The second-order valence-electron chi connectivity index (χ2n) is 3.60. The Hall–Kier alpha value is -0.540. The summed E-state index contributed by atoms with van der Waals surface area (Å²) in [7, 11) is 1.99. The van der Waals surface area contributed by atoms with Crippen LogP contribution in [0.1, 0.15) is 18.9 Å². The van der Waals surface area contributed by atoms with Crippen molar-refractivity contribution in [2.24, 2.45) is 5.92 Å². The van der Waals surface area contributed by atoms with E-state index in [0.29, 0.717) is 6.04 Å². The summed E-state index contributed by atoms with van der Waals surface area (Å²) in [5.41, 5.74) is 0. The van der Waals surface area contributed by atoms with Gasteiger partial charge in [-0.15, -0.1) is 0 Å². The molecule has 3 nitrogen and oxygen atoms in total. The lowest BCUT2D eigenvalue weighted by Gasteiger charge is -2.36. The molecule has 0 amide bonds. The van der Waals surface area contributed by atoms with Gasteiger partial charge in [0.05, 0.1) is 17.3 Å². The second kappa shape index (κ2) is 3.68. The van der Waals surface area contributed by atoms with Crippen molar-refractivity contribution in [3.05, 3.63) is 17.4 Å². The molecule has 1 aliphatic rings. The Balaban J connectivity index is 2.01. The zero-order valence-electron chi connectivity index (χ0n) is 7.70. The number of halogens is 1. The normalized spacial score (nSPS) is 27.2. The number of nitrogens with one attached hydrogen (secondary N) is 1. The SMILES string of the molecule is CNCC1CCC1n1cc(Cl)cn1. The highest BCUT2D eigenvalue weighted by Crippen LogP contribution is 2.37. The van der Waals surface area contributed by atoms with E-state index in [9.17, 15) is 0 Å². The van der Waals surface area contributed by atoms with E-state index in [2.05, 4.69) is 10.4 Å². The van der Waals surface area contributed by atoms with Crippen LogP contribution in [0.5, 0.6) is 0 Å². The first-order valence-electron chi connectivity index (χ1n) is 4.65. The molecule has 1 N–H and O–H groups in total. The van der Waals surface area contributed by atoms with E-state index >= 15 is 0 Å². The lowest BCUT2D eigenvalue weighted by molar-refractivity contribution is 0.166. The van der Waals surface area contributed by atoms with Gasteiger partial charge in [0.1, 0.15) is 0 Å². The van der Waals surface area contributed by atoms with Crippen molar-refractivity contribution in [1.82, 2.24) is 15.1 Å². The number of hydrogen-bond donors (Lipinski definition) is 1. The van der Waals surface area contributed by atoms with Crippen molar-refractivity contribution < 1.29 is 0 Å². The van der Waals surface area contributed by atoms with E-state index in [4.69, 9.17) is 11.6 Å². The highest BCUT2D eigenvalue weighted by molar-refractivity contribution is 6.30. The van der Waals surface area contributed by atoms with Gasteiger partial charge in [0.25, 0.3) is 0 Å². The van der Waals surface area contributed by atoms with Crippen LogP contribution in [0.3, 0.4) is 0 Å². The fourth-order valence-corrected chi connectivity index (χ4v) is 2.04. The molecule has 4 heteroatoms. The Labute approximate surface area is 83.1 Å². The molecule has 1 aromatic heterocycles. The molecule has 2 unspecified atom stereocenters. The van der Waals surface area contributed by atoms with Crippen LogP contribution < -0.4 is 5.32 Å². The minimum Gasteiger partial charge on any atom is -0.319 e. The van der Waals surface area contributed by atoms with Crippen molar-refractivity contribution in [2.45, 2.75) is 18.9 Å². The molecule has 0 aromatic carbocycles. The first-order valence-corrected chi connectivity index (χ1v) is 5.03. The van der Waals surface area contributed by atoms with E-state index in [1.807, 2.05) is 17.9 Å². The van der Waals surface area contributed by atoms with Gasteiger partial charge in [0.15, 0.2) is 0 Å². The zero-order chi connectivity index (χ0) is 9.26. The van der Waals surface area contributed by atoms with Gasteiger partial charge in [-0.05, 0) is 32.4 Å². The maximum atomic E-state index is 5.81. The summed E-state index contributed by atoms with van der Waals surface area (Å²) in [6.07, 6.45) is 6.14. The van der Waals surface area contributed by atoms with Crippen molar-refractivity contribution in [1.29, 1.82) is 0 Å². The molecule has 0 spiro atoms. The Kier molecular flexibility index (Phi) is 2.56. The summed E-state index contributed by atoms with van der Waals surface area (Å²) in [6.45, 7) is 1.07. The van der Waals surface area contributed by atoms with E-state index in [1.54, 1.807) is 6.20 Å². The predicted molar refractivity (Wildman–Crippen MR) is 52.9 cm³/mol. The minimum absolute atomic E-state index is 0.556. The Bertz CT molecular complexity index is 284. The molecule has 2 rings (SSSR count). The number of nitrogens with zero attached hydrogens (tertiary/aromatic N) is 2. The van der Waals surface area contributed by atoms with Gasteiger partial charge in [0, 0.05) is 6.20 Å². The highest BCUT2D eigenvalue weighted by Gasteiger charge is 2.31. The summed E-state index contributed by atoms with van der Waals surface area (Å²) >= 11 is 5.81. The molecule has 0 saturated heterocycles. The summed E-state index contributed by atoms with van der Waals surface area (Å²) in [5, 5.41) is 8.16. The summed E-state index contributed by atoms with van der Waals surface area (Å²) < 4.78 is 1.99. The molecule has 0 aliphatic heterocycles. The lowest BCUT2D eigenvalue weighted by atomic mass is 9.79. The van der Waals surface area contributed by atoms with Gasteiger partial charge in [-0.2, -0.15) is 5.10 Å². The van der Waals surface area contributed by atoms with Crippen molar-refractivity contribution in [3.8, 4) is 0 Å². The quantitative estimate of drug-likeness (QED) is 0.804. The Morgan fingerprint density at radius 2 is 2.54 bits per heavy atom. The average molecular weight is 200 g/mol. The third kappa shape index (κ3) is 1.71. The fraction of sp³-hybridized carbons (Fsp3) is 0.667. The first kappa shape index (κ1) is 9.03. The maximum absolute atomic E-state index is 5.81. The maximum Gasteiger partial charge on any atom is 0.0785 e. The standard InChI is InChI=1S/C9H14ClN3/c1-11-4-7-2-3-9(7)13-6-8(10)5-12-13/h5-7,9,11H,2-4H2,1H3. The minimum atomic E-state index is 0.556. The highest BCUT2D eigenvalue weighted by atomic mass is 35.5. The lowest BCUT2D eigenvalue weighted by Crippen LogP contribution is -2.35. The molecule has 1 saturated carbocycles. The molecular weight excluding hydrogens is 186 g/mol. The van der Waals surface area contributed by atoms with Gasteiger partial charge in [0.2, 0.25) is 0 Å². The van der Waals surface area contributed by atoms with Crippen LogP contribution in [-0.4, -0.2) is 23.4 Å².